The minimum Gasteiger partial charge on any atom is -0.396 e. The minimum atomic E-state index is -4.78. The third-order valence-electron chi connectivity index (χ3n) is 1.51. The van der Waals surface area contributed by atoms with Gasteiger partial charge in [-0.2, -0.15) is 0 Å². The summed E-state index contributed by atoms with van der Waals surface area (Å²) in [5.41, 5.74) is 11.3. The van der Waals surface area contributed by atoms with Crippen molar-refractivity contribution in [2.24, 2.45) is 5.73 Å². The first-order chi connectivity index (χ1) is 6.83. The highest BCUT2D eigenvalue weighted by Gasteiger charge is 2.32. The van der Waals surface area contributed by atoms with Gasteiger partial charge in [0, 0.05) is 12.6 Å². The van der Waals surface area contributed by atoms with Crippen LogP contribution in [0.15, 0.2) is 10.7 Å². The van der Waals surface area contributed by atoms with Crippen LogP contribution in [0.3, 0.4) is 0 Å². The number of alkyl halides is 3. The van der Waals surface area contributed by atoms with E-state index in [1.54, 1.807) is 0 Å². The van der Waals surface area contributed by atoms with Gasteiger partial charge in [-0.1, -0.05) is 0 Å². The third-order valence-corrected chi connectivity index (χ3v) is 2.12. The molecule has 0 aliphatic heterocycles. The number of pyridine rings is 1. The van der Waals surface area contributed by atoms with Crippen molar-refractivity contribution in [2.45, 2.75) is 12.9 Å². The molecular formula is C7H7BrF3N3O. The normalized spacial score (nSPS) is 11.5. The number of hydrogen-bond acceptors (Lipinski definition) is 4. The zero-order chi connectivity index (χ0) is 11.6. The summed E-state index contributed by atoms with van der Waals surface area (Å²) in [5.74, 6) is -0.593. The van der Waals surface area contributed by atoms with Gasteiger partial charge in [0.2, 0.25) is 5.88 Å². The second-order valence-electron chi connectivity index (χ2n) is 2.58. The molecule has 0 aliphatic carbocycles. The average molecular weight is 286 g/mol. The van der Waals surface area contributed by atoms with Crippen LogP contribution < -0.4 is 16.2 Å². The Kier molecular flexibility index (Phi) is 3.40. The number of ether oxygens (including phenoxy) is 1. The molecule has 0 bridgehead atoms. The SMILES string of the molecule is NCc1cc(OC(F)(F)F)nc(Br)c1N. The van der Waals surface area contributed by atoms with Crippen molar-refractivity contribution in [3.63, 3.8) is 0 Å². The number of halogens is 4. The second kappa shape index (κ2) is 4.23. The number of aromatic nitrogens is 1. The van der Waals surface area contributed by atoms with Crippen LogP contribution in [-0.4, -0.2) is 11.3 Å². The fourth-order valence-electron chi connectivity index (χ4n) is 0.888. The van der Waals surface area contributed by atoms with Crippen LogP contribution in [0.25, 0.3) is 0 Å². The van der Waals surface area contributed by atoms with Crippen molar-refractivity contribution in [1.29, 1.82) is 0 Å². The first-order valence-corrected chi connectivity index (χ1v) is 4.53. The zero-order valence-electron chi connectivity index (χ0n) is 7.31. The van der Waals surface area contributed by atoms with Crippen LogP contribution >= 0.6 is 15.9 Å². The van der Waals surface area contributed by atoms with E-state index in [0.29, 0.717) is 5.56 Å². The molecule has 1 heterocycles. The highest BCUT2D eigenvalue weighted by Crippen LogP contribution is 2.28. The van der Waals surface area contributed by atoms with Gasteiger partial charge >= 0.3 is 6.36 Å². The van der Waals surface area contributed by atoms with Crippen molar-refractivity contribution >= 4 is 21.6 Å². The highest BCUT2D eigenvalue weighted by atomic mass is 79.9. The molecule has 0 fully saturated rings. The molecule has 1 aromatic heterocycles. The van der Waals surface area contributed by atoms with Crippen LogP contribution in [0.2, 0.25) is 0 Å². The lowest BCUT2D eigenvalue weighted by Gasteiger charge is -2.11. The highest BCUT2D eigenvalue weighted by molar-refractivity contribution is 9.10. The van der Waals surface area contributed by atoms with Gasteiger partial charge in [-0.15, -0.1) is 13.2 Å². The maximum absolute atomic E-state index is 11.9. The van der Waals surface area contributed by atoms with Gasteiger partial charge in [-0.05, 0) is 21.5 Å². The third kappa shape index (κ3) is 3.24. The Balaban J connectivity index is 3.06. The number of rotatable bonds is 2. The summed E-state index contributed by atoms with van der Waals surface area (Å²) in [5, 5.41) is 0. The van der Waals surface area contributed by atoms with Crippen LogP contribution in [-0.2, 0) is 6.54 Å². The predicted molar refractivity (Wildman–Crippen MR) is 50.9 cm³/mol. The Labute approximate surface area is 91.5 Å². The first-order valence-electron chi connectivity index (χ1n) is 3.74. The molecule has 1 aromatic rings. The fraction of sp³-hybridized carbons (Fsp3) is 0.286. The van der Waals surface area contributed by atoms with Gasteiger partial charge in [0.15, 0.2) is 0 Å². The average Bonchev–Trinajstić information content (AvgIpc) is 2.08. The van der Waals surface area contributed by atoms with Crippen molar-refractivity contribution in [1.82, 2.24) is 4.98 Å². The summed E-state index contributed by atoms with van der Waals surface area (Å²) >= 11 is 2.91. The smallest absolute Gasteiger partial charge is 0.396 e. The zero-order valence-corrected chi connectivity index (χ0v) is 8.89. The summed E-state index contributed by atoms with van der Waals surface area (Å²) in [6.45, 7) is 0.00116. The molecule has 8 heteroatoms. The van der Waals surface area contributed by atoms with Gasteiger partial charge in [0.05, 0.1) is 5.69 Å². The summed E-state index contributed by atoms with van der Waals surface area (Å²) < 4.78 is 39.3. The standard InChI is InChI=1S/C7H7BrF3N3O/c8-6-5(13)3(2-12)1-4(14-6)15-7(9,10)11/h1H,2,12-13H2. The minimum absolute atomic E-state index is 0.00116. The molecule has 0 saturated carbocycles. The van der Waals surface area contributed by atoms with Gasteiger partial charge in [0.1, 0.15) is 4.60 Å². The van der Waals surface area contributed by atoms with E-state index in [-0.39, 0.29) is 16.8 Å². The van der Waals surface area contributed by atoms with Crippen LogP contribution in [0.5, 0.6) is 5.88 Å². The van der Waals surface area contributed by atoms with Crippen molar-refractivity contribution in [2.75, 3.05) is 5.73 Å². The molecule has 0 aliphatic rings. The molecule has 4 N–H and O–H groups in total. The van der Waals surface area contributed by atoms with E-state index in [2.05, 4.69) is 25.7 Å². The van der Waals surface area contributed by atoms with E-state index < -0.39 is 12.2 Å². The largest absolute Gasteiger partial charge is 0.574 e. The van der Waals surface area contributed by atoms with E-state index >= 15 is 0 Å². The van der Waals surface area contributed by atoms with E-state index in [9.17, 15) is 13.2 Å². The molecule has 0 spiro atoms. The molecule has 0 unspecified atom stereocenters. The number of nitrogens with zero attached hydrogens (tertiary/aromatic N) is 1. The Hall–Kier alpha value is -1.02. The van der Waals surface area contributed by atoms with E-state index in [1.165, 1.54) is 0 Å². The summed E-state index contributed by atoms with van der Waals surface area (Å²) in [4.78, 5) is 3.46. The number of hydrogen-bond donors (Lipinski definition) is 2. The molecule has 0 saturated heterocycles. The maximum atomic E-state index is 11.9. The Morgan fingerprint density at radius 1 is 1.47 bits per heavy atom. The molecule has 4 nitrogen and oxygen atoms in total. The molecule has 0 atom stereocenters. The topological polar surface area (TPSA) is 74.2 Å². The van der Waals surface area contributed by atoms with E-state index in [4.69, 9.17) is 11.5 Å². The van der Waals surface area contributed by atoms with Crippen LogP contribution in [0.1, 0.15) is 5.56 Å². The van der Waals surface area contributed by atoms with Crippen molar-refractivity contribution in [3.05, 3.63) is 16.2 Å². The molecule has 0 aromatic carbocycles. The summed E-state index contributed by atoms with van der Waals surface area (Å²) in [7, 11) is 0. The molecule has 15 heavy (non-hydrogen) atoms. The predicted octanol–water partition coefficient (Wildman–Crippen LogP) is 1.78. The summed E-state index contributed by atoms with van der Waals surface area (Å²) in [6.07, 6.45) is -4.78. The monoisotopic (exact) mass is 285 g/mol. The van der Waals surface area contributed by atoms with Gasteiger partial charge < -0.3 is 16.2 Å². The van der Waals surface area contributed by atoms with Crippen molar-refractivity contribution < 1.29 is 17.9 Å². The molecular weight excluding hydrogens is 279 g/mol. The van der Waals surface area contributed by atoms with Crippen molar-refractivity contribution in [3.8, 4) is 5.88 Å². The number of nitrogens with two attached hydrogens (primary N) is 2. The lowest BCUT2D eigenvalue weighted by Crippen LogP contribution is -2.18. The lowest BCUT2D eigenvalue weighted by molar-refractivity contribution is -0.276. The first kappa shape index (κ1) is 12.1. The molecule has 0 radical (unpaired) electrons. The maximum Gasteiger partial charge on any atom is 0.574 e. The summed E-state index contributed by atoms with van der Waals surface area (Å²) in [6, 6.07) is 1.05. The van der Waals surface area contributed by atoms with Gasteiger partial charge in [-0.3, -0.25) is 0 Å². The quantitative estimate of drug-likeness (QED) is 0.813. The molecule has 0 amide bonds. The number of anilines is 1. The Morgan fingerprint density at radius 2 is 2.07 bits per heavy atom. The Morgan fingerprint density at radius 3 is 2.53 bits per heavy atom. The van der Waals surface area contributed by atoms with Gasteiger partial charge in [-0.25, -0.2) is 4.98 Å². The van der Waals surface area contributed by atoms with E-state index in [0.717, 1.165) is 6.07 Å². The van der Waals surface area contributed by atoms with Crippen LogP contribution in [0.4, 0.5) is 18.9 Å². The molecule has 1 rings (SSSR count). The number of nitrogen functional groups attached to an aromatic ring is 1. The lowest BCUT2D eigenvalue weighted by atomic mass is 10.2. The van der Waals surface area contributed by atoms with Gasteiger partial charge in [0.25, 0.3) is 0 Å². The molecule has 84 valence electrons. The van der Waals surface area contributed by atoms with E-state index in [1.807, 2.05) is 0 Å². The second-order valence-corrected chi connectivity index (χ2v) is 3.33. The fourth-order valence-corrected chi connectivity index (χ4v) is 1.32. The Bertz CT molecular complexity index is 369. The van der Waals surface area contributed by atoms with Crippen LogP contribution in [0, 0.1) is 0 Å².